The minimum atomic E-state index is 0.593. The van der Waals surface area contributed by atoms with E-state index in [-0.39, 0.29) is 0 Å². The van der Waals surface area contributed by atoms with Crippen LogP contribution in [0.5, 0.6) is 0 Å². The second kappa shape index (κ2) is 7.85. The summed E-state index contributed by atoms with van der Waals surface area (Å²) in [5, 5.41) is 4.80. The Balaban J connectivity index is 1.24. The van der Waals surface area contributed by atoms with Crippen molar-refractivity contribution in [2.45, 2.75) is 13.0 Å². The van der Waals surface area contributed by atoms with E-state index >= 15 is 0 Å². The van der Waals surface area contributed by atoms with E-state index in [4.69, 9.17) is 21.1 Å². The van der Waals surface area contributed by atoms with Gasteiger partial charge in [0.1, 0.15) is 0 Å². The maximum Gasteiger partial charge on any atom is 0.241 e. The number of nitrogens with zero attached hydrogens (tertiary/aromatic N) is 5. The molecule has 1 N–H and O–H groups in total. The molecule has 0 atom stereocenters. The Morgan fingerprint density at radius 3 is 2.69 bits per heavy atom. The Morgan fingerprint density at radius 1 is 0.966 bits per heavy atom. The van der Waals surface area contributed by atoms with Crippen LogP contribution in [0.25, 0.3) is 22.4 Å². The number of fused-ring (bicyclic) bond motifs is 1. The van der Waals surface area contributed by atoms with Crippen LogP contribution in [-0.2, 0) is 6.54 Å². The van der Waals surface area contributed by atoms with Crippen molar-refractivity contribution in [3.63, 3.8) is 0 Å². The lowest BCUT2D eigenvalue weighted by Gasteiger charge is -2.20. The number of benzene rings is 2. The molecule has 1 fully saturated rings. The van der Waals surface area contributed by atoms with Crippen molar-refractivity contribution < 1.29 is 4.52 Å². The van der Waals surface area contributed by atoms with Crippen LogP contribution in [0.1, 0.15) is 12.3 Å². The Hall–Kier alpha value is -2.90. The van der Waals surface area contributed by atoms with Gasteiger partial charge in [-0.25, -0.2) is 4.98 Å². The van der Waals surface area contributed by atoms with E-state index in [1.54, 1.807) is 0 Å². The zero-order valence-corrected chi connectivity index (χ0v) is 16.6. The van der Waals surface area contributed by atoms with Crippen LogP contribution in [0.15, 0.2) is 53.1 Å². The van der Waals surface area contributed by atoms with Crippen molar-refractivity contribution in [3.05, 3.63) is 59.4 Å². The van der Waals surface area contributed by atoms with E-state index in [0.29, 0.717) is 23.3 Å². The number of aromatic nitrogens is 4. The molecule has 2 aromatic heterocycles. The first kappa shape index (κ1) is 18.1. The third-order valence-corrected chi connectivity index (χ3v) is 5.45. The van der Waals surface area contributed by atoms with Crippen molar-refractivity contribution in [2.75, 3.05) is 31.1 Å². The quantitative estimate of drug-likeness (QED) is 0.550. The number of halogens is 1. The van der Waals surface area contributed by atoms with Crippen molar-refractivity contribution in [2.24, 2.45) is 0 Å². The summed E-state index contributed by atoms with van der Waals surface area (Å²) >= 11 is 5.95. The smallest absolute Gasteiger partial charge is 0.241 e. The number of H-pyrrole nitrogens is 1. The number of para-hydroxylation sites is 2. The van der Waals surface area contributed by atoms with E-state index in [0.717, 1.165) is 55.1 Å². The van der Waals surface area contributed by atoms with Gasteiger partial charge in [0.15, 0.2) is 0 Å². The fraction of sp³-hybridized carbons (Fsp3) is 0.286. The predicted octanol–water partition coefficient (Wildman–Crippen LogP) is 3.98. The zero-order valence-electron chi connectivity index (χ0n) is 15.9. The van der Waals surface area contributed by atoms with Gasteiger partial charge in [-0.2, -0.15) is 4.98 Å². The highest BCUT2D eigenvalue weighted by molar-refractivity contribution is 6.30. The number of hydrogen-bond donors (Lipinski definition) is 1. The molecule has 7 nitrogen and oxygen atoms in total. The molecule has 1 aliphatic rings. The van der Waals surface area contributed by atoms with Crippen molar-refractivity contribution in [1.82, 2.24) is 25.0 Å². The maximum atomic E-state index is 5.95. The summed E-state index contributed by atoms with van der Waals surface area (Å²) < 4.78 is 5.48. The number of rotatable bonds is 4. The molecule has 148 valence electrons. The second-order valence-electron chi connectivity index (χ2n) is 7.21. The lowest BCUT2D eigenvalue weighted by atomic mass is 10.2. The van der Waals surface area contributed by atoms with E-state index in [1.807, 2.05) is 42.5 Å². The lowest BCUT2D eigenvalue weighted by Crippen LogP contribution is -2.31. The van der Waals surface area contributed by atoms with Gasteiger partial charge in [-0.05, 0) is 42.8 Å². The molecule has 0 saturated carbocycles. The predicted molar refractivity (Wildman–Crippen MR) is 113 cm³/mol. The highest BCUT2D eigenvalue weighted by Gasteiger charge is 2.20. The molecule has 8 heteroatoms. The Labute approximate surface area is 173 Å². The molecule has 5 rings (SSSR count). The Kier molecular flexibility index (Phi) is 4.91. The first-order valence-electron chi connectivity index (χ1n) is 9.75. The largest absolute Gasteiger partial charge is 0.341 e. The Morgan fingerprint density at radius 2 is 1.83 bits per heavy atom. The molecule has 0 bridgehead atoms. The van der Waals surface area contributed by atoms with Gasteiger partial charge in [0.05, 0.1) is 17.6 Å². The SMILES string of the molecule is Clc1ccc(-c2noc(CN3CCCN(c4nc5ccccc5[nH]4)CC3)n2)cc1. The molecule has 3 heterocycles. The van der Waals surface area contributed by atoms with Crippen LogP contribution < -0.4 is 4.90 Å². The topological polar surface area (TPSA) is 74.1 Å². The van der Waals surface area contributed by atoms with Crippen molar-refractivity contribution >= 4 is 28.6 Å². The molecule has 0 amide bonds. The zero-order chi connectivity index (χ0) is 19.6. The second-order valence-corrected chi connectivity index (χ2v) is 7.65. The molecule has 0 unspecified atom stereocenters. The summed E-state index contributed by atoms with van der Waals surface area (Å²) in [5.41, 5.74) is 2.98. The van der Waals surface area contributed by atoms with Crippen LogP contribution in [-0.4, -0.2) is 51.2 Å². The molecular weight excluding hydrogens is 388 g/mol. The standard InChI is InChI=1S/C21H21ClN6O/c22-16-8-6-15(7-9-16)20-25-19(29-26-20)14-27-10-3-11-28(13-12-27)21-23-17-4-1-2-5-18(17)24-21/h1-2,4-9H,3,10-14H2,(H,23,24). The number of hydrogen-bond acceptors (Lipinski definition) is 6. The highest BCUT2D eigenvalue weighted by atomic mass is 35.5. The monoisotopic (exact) mass is 408 g/mol. The van der Waals surface area contributed by atoms with Crippen LogP contribution >= 0.6 is 11.6 Å². The fourth-order valence-electron chi connectivity index (χ4n) is 3.66. The van der Waals surface area contributed by atoms with Crippen LogP contribution in [0.3, 0.4) is 0 Å². The molecule has 1 saturated heterocycles. The molecule has 0 radical (unpaired) electrons. The normalized spacial score (nSPS) is 15.7. The third-order valence-electron chi connectivity index (χ3n) is 5.19. The van der Waals surface area contributed by atoms with Gasteiger partial charge in [-0.15, -0.1) is 0 Å². The van der Waals surface area contributed by atoms with Gasteiger partial charge < -0.3 is 14.4 Å². The number of aromatic amines is 1. The van der Waals surface area contributed by atoms with Crippen LogP contribution in [0.2, 0.25) is 5.02 Å². The van der Waals surface area contributed by atoms with Gasteiger partial charge in [0, 0.05) is 36.8 Å². The maximum absolute atomic E-state index is 5.95. The van der Waals surface area contributed by atoms with Gasteiger partial charge in [-0.3, -0.25) is 4.90 Å². The Bertz CT molecular complexity index is 1070. The van der Waals surface area contributed by atoms with E-state index in [9.17, 15) is 0 Å². The first-order chi connectivity index (χ1) is 14.2. The van der Waals surface area contributed by atoms with Gasteiger partial charge >= 0.3 is 0 Å². The summed E-state index contributed by atoms with van der Waals surface area (Å²) in [6.45, 7) is 4.41. The van der Waals surface area contributed by atoms with E-state index in [1.165, 1.54) is 0 Å². The molecule has 0 aliphatic carbocycles. The fourth-order valence-corrected chi connectivity index (χ4v) is 3.78. The molecule has 1 aliphatic heterocycles. The molecular formula is C21H21ClN6O. The molecule has 2 aromatic carbocycles. The number of nitrogens with one attached hydrogen (secondary N) is 1. The van der Waals surface area contributed by atoms with Gasteiger partial charge in [0.2, 0.25) is 17.7 Å². The average molecular weight is 409 g/mol. The number of anilines is 1. The number of imidazole rings is 1. The minimum absolute atomic E-state index is 0.593. The highest BCUT2D eigenvalue weighted by Crippen LogP contribution is 2.21. The summed E-state index contributed by atoms with van der Waals surface area (Å²) in [6, 6.07) is 15.6. The first-order valence-corrected chi connectivity index (χ1v) is 10.1. The minimum Gasteiger partial charge on any atom is -0.341 e. The molecule has 0 spiro atoms. The van der Waals surface area contributed by atoms with Crippen LogP contribution in [0, 0.1) is 0 Å². The summed E-state index contributed by atoms with van der Waals surface area (Å²) in [4.78, 5) is 17.4. The summed E-state index contributed by atoms with van der Waals surface area (Å²) in [5.74, 6) is 2.17. The summed E-state index contributed by atoms with van der Waals surface area (Å²) in [6.07, 6.45) is 1.05. The van der Waals surface area contributed by atoms with Crippen molar-refractivity contribution in [1.29, 1.82) is 0 Å². The molecule has 4 aromatic rings. The van der Waals surface area contributed by atoms with Gasteiger partial charge in [0.25, 0.3) is 0 Å². The average Bonchev–Trinajstić information content (AvgIpc) is 3.31. The van der Waals surface area contributed by atoms with Crippen LogP contribution in [0.4, 0.5) is 5.95 Å². The van der Waals surface area contributed by atoms with E-state index < -0.39 is 0 Å². The lowest BCUT2D eigenvalue weighted by molar-refractivity contribution is 0.239. The molecule has 29 heavy (non-hydrogen) atoms. The van der Waals surface area contributed by atoms with Crippen molar-refractivity contribution in [3.8, 4) is 11.4 Å². The summed E-state index contributed by atoms with van der Waals surface area (Å²) in [7, 11) is 0. The third kappa shape index (κ3) is 3.97. The van der Waals surface area contributed by atoms with Gasteiger partial charge in [-0.1, -0.05) is 28.9 Å². The van der Waals surface area contributed by atoms with E-state index in [2.05, 4.69) is 31.0 Å².